The summed E-state index contributed by atoms with van der Waals surface area (Å²) in [5.41, 5.74) is 1.20. The van der Waals surface area contributed by atoms with Gasteiger partial charge in [-0.2, -0.15) is 0 Å². The summed E-state index contributed by atoms with van der Waals surface area (Å²) in [5.74, 6) is 1.39. The van der Waals surface area contributed by atoms with Crippen molar-refractivity contribution >= 4 is 45.9 Å². The first-order chi connectivity index (χ1) is 12.6. The summed E-state index contributed by atoms with van der Waals surface area (Å²) >= 11 is 3.55. The molecule has 0 spiro atoms. The quantitative estimate of drug-likeness (QED) is 0.290. The van der Waals surface area contributed by atoms with Crippen LogP contribution >= 0.6 is 39.9 Å². The number of halogens is 2. The highest BCUT2D eigenvalue weighted by Crippen LogP contribution is 2.23. The van der Waals surface area contributed by atoms with Gasteiger partial charge in [0.25, 0.3) is 0 Å². The van der Waals surface area contributed by atoms with Gasteiger partial charge in [0.2, 0.25) is 0 Å². The van der Waals surface area contributed by atoms with E-state index in [4.69, 9.17) is 9.47 Å². The lowest BCUT2D eigenvalue weighted by molar-refractivity contribution is -0.0855. The molecule has 0 saturated carbocycles. The Morgan fingerprint density at radius 3 is 2.67 bits per heavy atom. The Morgan fingerprint density at radius 2 is 2.07 bits per heavy atom. The van der Waals surface area contributed by atoms with Crippen LogP contribution in [-0.2, 0) is 15.9 Å². The molecule has 2 N–H and O–H groups in total. The largest absolute Gasteiger partial charge is 0.381 e. The zero-order chi connectivity index (χ0) is 18.8. The van der Waals surface area contributed by atoms with Crippen LogP contribution in [-0.4, -0.2) is 52.0 Å². The lowest BCUT2D eigenvalue weighted by Crippen LogP contribution is -2.51. The Bertz CT molecular complexity index is 580. The summed E-state index contributed by atoms with van der Waals surface area (Å²) in [6, 6.07) is 8.55. The Balaban J connectivity index is 0.00000364. The molecule has 1 unspecified atom stereocenters. The maximum atomic E-state index is 5.78. The van der Waals surface area contributed by atoms with Gasteiger partial charge in [0.1, 0.15) is 0 Å². The van der Waals surface area contributed by atoms with Crippen LogP contribution in [0.15, 0.2) is 33.7 Å². The highest BCUT2D eigenvalue weighted by molar-refractivity contribution is 14.0. The highest BCUT2D eigenvalue weighted by atomic mass is 127. The minimum Gasteiger partial charge on any atom is -0.381 e. The van der Waals surface area contributed by atoms with Crippen LogP contribution in [0, 0.1) is 5.92 Å². The lowest BCUT2D eigenvalue weighted by atomic mass is 9.94. The van der Waals surface area contributed by atoms with Gasteiger partial charge in [-0.15, -0.1) is 24.0 Å². The smallest absolute Gasteiger partial charge is 0.191 e. The first-order valence-electron chi connectivity index (χ1n) is 9.42. The van der Waals surface area contributed by atoms with Crippen molar-refractivity contribution in [2.45, 2.75) is 38.2 Å². The molecule has 2 rings (SSSR count). The number of hydrogen-bond acceptors (Lipinski definition) is 3. The van der Waals surface area contributed by atoms with Gasteiger partial charge in [-0.1, -0.05) is 41.4 Å². The van der Waals surface area contributed by atoms with Gasteiger partial charge in [-0.3, -0.25) is 4.99 Å². The monoisotopic (exact) mass is 553 g/mol. The minimum absolute atomic E-state index is 0. The Morgan fingerprint density at radius 1 is 1.33 bits per heavy atom. The van der Waals surface area contributed by atoms with Crippen molar-refractivity contribution < 1.29 is 9.47 Å². The molecular formula is C20H33BrIN3O2. The maximum Gasteiger partial charge on any atom is 0.191 e. The minimum atomic E-state index is -0.156. The molecule has 27 heavy (non-hydrogen) atoms. The molecule has 0 bridgehead atoms. The zero-order valence-corrected chi connectivity index (χ0v) is 20.5. The van der Waals surface area contributed by atoms with E-state index in [1.807, 2.05) is 7.05 Å². The summed E-state index contributed by atoms with van der Waals surface area (Å²) in [6.45, 7) is 5.39. The highest BCUT2D eigenvalue weighted by Gasteiger charge is 2.32. The van der Waals surface area contributed by atoms with Crippen molar-refractivity contribution in [1.82, 2.24) is 10.6 Å². The van der Waals surface area contributed by atoms with E-state index in [1.165, 1.54) is 5.56 Å². The number of guanidine groups is 1. The number of aliphatic imine (C=N–C) groups is 1. The molecule has 154 valence electrons. The van der Waals surface area contributed by atoms with E-state index in [-0.39, 0.29) is 29.6 Å². The van der Waals surface area contributed by atoms with E-state index in [1.54, 1.807) is 7.11 Å². The van der Waals surface area contributed by atoms with E-state index in [0.29, 0.717) is 5.92 Å². The van der Waals surface area contributed by atoms with Gasteiger partial charge < -0.3 is 20.1 Å². The van der Waals surface area contributed by atoms with Crippen LogP contribution in [0.25, 0.3) is 0 Å². The van der Waals surface area contributed by atoms with Crippen LogP contribution in [0.1, 0.15) is 31.7 Å². The average molecular weight is 554 g/mol. The number of hydrogen-bond donors (Lipinski definition) is 2. The number of nitrogens with zero attached hydrogens (tertiary/aromatic N) is 1. The Kier molecular flexibility index (Phi) is 11.8. The standard InChI is InChI=1S/C20H32BrN3O2.HI/c1-4-16(12-17-6-5-7-18(21)13-17)14-23-19(22-2)24-15-20(25-3)8-10-26-11-9-20;/h5-7,13,16H,4,8-12,14-15H2,1-3H3,(H2,22,23,24);1H. The van der Waals surface area contributed by atoms with Crippen molar-refractivity contribution in [3.05, 3.63) is 34.3 Å². The van der Waals surface area contributed by atoms with Crippen molar-refractivity contribution in [2.24, 2.45) is 10.9 Å². The lowest BCUT2D eigenvalue weighted by Gasteiger charge is -2.36. The molecule has 1 saturated heterocycles. The summed E-state index contributed by atoms with van der Waals surface area (Å²) < 4.78 is 12.4. The Labute approximate surface area is 189 Å². The van der Waals surface area contributed by atoms with Crippen LogP contribution in [0.4, 0.5) is 0 Å². The summed E-state index contributed by atoms with van der Waals surface area (Å²) in [5, 5.41) is 6.91. The molecule has 0 amide bonds. The predicted molar refractivity (Wildman–Crippen MR) is 126 cm³/mol. The van der Waals surface area contributed by atoms with Gasteiger partial charge in [-0.05, 0) is 30.0 Å². The van der Waals surface area contributed by atoms with Gasteiger partial charge in [0, 0.05) is 57.8 Å². The second-order valence-electron chi connectivity index (χ2n) is 6.91. The fraction of sp³-hybridized carbons (Fsp3) is 0.650. The molecule has 1 heterocycles. The normalized spacial score (nSPS) is 17.7. The summed E-state index contributed by atoms with van der Waals surface area (Å²) in [7, 11) is 3.60. The number of benzene rings is 1. The molecule has 0 radical (unpaired) electrons. The third-order valence-electron chi connectivity index (χ3n) is 5.19. The number of methoxy groups -OCH3 is 1. The number of nitrogens with one attached hydrogen (secondary N) is 2. The molecule has 7 heteroatoms. The third-order valence-corrected chi connectivity index (χ3v) is 5.68. The zero-order valence-electron chi connectivity index (χ0n) is 16.6. The second kappa shape index (κ2) is 13.0. The first-order valence-corrected chi connectivity index (χ1v) is 10.2. The van der Waals surface area contributed by atoms with Crippen LogP contribution < -0.4 is 10.6 Å². The molecule has 1 atom stereocenters. The van der Waals surface area contributed by atoms with E-state index >= 15 is 0 Å². The Hall–Kier alpha value is -0.380. The molecule has 1 aromatic carbocycles. The average Bonchev–Trinajstić information content (AvgIpc) is 2.67. The number of rotatable bonds is 8. The molecule has 1 aliphatic rings. The summed E-state index contributed by atoms with van der Waals surface area (Å²) in [4.78, 5) is 4.37. The van der Waals surface area contributed by atoms with E-state index in [9.17, 15) is 0 Å². The first kappa shape index (κ1) is 24.7. The molecule has 1 aromatic rings. The van der Waals surface area contributed by atoms with Crippen molar-refractivity contribution in [1.29, 1.82) is 0 Å². The van der Waals surface area contributed by atoms with Gasteiger partial charge in [-0.25, -0.2) is 0 Å². The van der Waals surface area contributed by atoms with E-state index in [0.717, 1.165) is 62.4 Å². The van der Waals surface area contributed by atoms with Crippen LogP contribution in [0.5, 0.6) is 0 Å². The van der Waals surface area contributed by atoms with Gasteiger partial charge in [0.05, 0.1) is 5.60 Å². The topological polar surface area (TPSA) is 54.9 Å². The fourth-order valence-corrected chi connectivity index (χ4v) is 3.71. The molecule has 1 fully saturated rings. The van der Waals surface area contributed by atoms with E-state index in [2.05, 4.69) is 62.7 Å². The number of ether oxygens (including phenoxy) is 2. The fourth-order valence-electron chi connectivity index (χ4n) is 3.26. The molecule has 1 aliphatic heterocycles. The van der Waals surface area contributed by atoms with Gasteiger partial charge >= 0.3 is 0 Å². The third kappa shape index (κ3) is 8.25. The van der Waals surface area contributed by atoms with Gasteiger partial charge in [0.15, 0.2) is 5.96 Å². The second-order valence-corrected chi connectivity index (χ2v) is 7.83. The van der Waals surface area contributed by atoms with Crippen molar-refractivity contribution in [3.8, 4) is 0 Å². The molecule has 0 aliphatic carbocycles. The molecule has 5 nitrogen and oxygen atoms in total. The van der Waals surface area contributed by atoms with E-state index < -0.39 is 0 Å². The SMILES string of the molecule is CCC(CNC(=NC)NCC1(OC)CCOCC1)Cc1cccc(Br)c1.I. The van der Waals surface area contributed by atoms with Crippen LogP contribution in [0.3, 0.4) is 0 Å². The molecule has 0 aromatic heterocycles. The predicted octanol–water partition coefficient (Wildman–Crippen LogP) is 4.00. The molecular weight excluding hydrogens is 521 g/mol. The maximum absolute atomic E-state index is 5.78. The van der Waals surface area contributed by atoms with Crippen molar-refractivity contribution in [2.75, 3.05) is 40.5 Å². The van der Waals surface area contributed by atoms with Crippen LogP contribution in [0.2, 0.25) is 0 Å². The summed E-state index contributed by atoms with van der Waals surface area (Å²) in [6.07, 6.45) is 4.00. The van der Waals surface area contributed by atoms with Crippen molar-refractivity contribution in [3.63, 3.8) is 0 Å².